The van der Waals surface area contributed by atoms with Gasteiger partial charge in [-0.2, -0.15) is 11.8 Å². The number of fused-ring (bicyclic) bond motifs is 3. The number of hydrogen-bond donors (Lipinski definition) is 1. The number of hydrogen-bond acceptors (Lipinski definition) is 2. The van der Waals surface area contributed by atoms with E-state index in [1.807, 2.05) is 11.8 Å². The van der Waals surface area contributed by atoms with Gasteiger partial charge in [-0.1, -0.05) is 31.2 Å². The van der Waals surface area contributed by atoms with Gasteiger partial charge in [-0.3, -0.25) is 0 Å². The van der Waals surface area contributed by atoms with E-state index < -0.39 is 0 Å². The molecule has 0 spiro atoms. The summed E-state index contributed by atoms with van der Waals surface area (Å²) in [5.74, 6) is 1.73. The van der Waals surface area contributed by atoms with Crippen LogP contribution in [-0.4, -0.2) is 24.1 Å². The highest BCUT2D eigenvalue weighted by atomic mass is 32.2. The molecular weight excluding hydrogens is 250 g/mol. The fraction of sp³-hybridized carbons (Fsp3) is 0.647. The lowest BCUT2D eigenvalue weighted by Crippen LogP contribution is -2.40. The third-order valence-corrected chi connectivity index (χ3v) is 6.02. The molecule has 0 amide bonds. The highest BCUT2D eigenvalue weighted by Crippen LogP contribution is 2.40. The zero-order valence-electron chi connectivity index (χ0n) is 12.1. The van der Waals surface area contributed by atoms with Crippen molar-refractivity contribution in [2.24, 2.45) is 11.8 Å². The van der Waals surface area contributed by atoms with Crippen molar-refractivity contribution >= 4 is 11.8 Å². The van der Waals surface area contributed by atoms with Crippen molar-refractivity contribution in [2.45, 2.75) is 43.9 Å². The Bertz CT molecular complexity index is 398. The van der Waals surface area contributed by atoms with Gasteiger partial charge in [-0.25, -0.2) is 0 Å². The summed E-state index contributed by atoms with van der Waals surface area (Å²) in [6.45, 7) is 3.49. The first-order valence-electron chi connectivity index (χ1n) is 7.61. The first kappa shape index (κ1) is 13.5. The smallest absolute Gasteiger partial charge is 0.0141 e. The normalized spacial score (nSPS) is 30.7. The molecule has 0 aliphatic heterocycles. The predicted molar refractivity (Wildman–Crippen MR) is 84.8 cm³/mol. The molecular formula is C17H25NS. The van der Waals surface area contributed by atoms with Crippen molar-refractivity contribution < 1.29 is 0 Å². The Labute approximate surface area is 121 Å². The summed E-state index contributed by atoms with van der Waals surface area (Å²) >= 11 is 1.97. The lowest BCUT2D eigenvalue weighted by molar-refractivity contribution is 0.344. The average Bonchev–Trinajstić information content (AvgIpc) is 2.70. The monoisotopic (exact) mass is 275 g/mol. The molecule has 1 saturated carbocycles. The van der Waals surface area contributed by atoms with Crippen LogP contribution < -0.4 is 5.32 Å². The van der Waals surface area contributed by atoms with Crippen LogP contribution in [0.4, 0.5) is 0 Å². The molecule has 2 aliphatic rings. The molecule has 3 rings (SSSR count). The van der Waals surface area contributed by atoms with Crippen LogP contribution in [0.25, 0.3) is 0 Å². The molecule has 0 radical (unpaired) electrons. The van der Waals surface area contributed by atoms with Gasteiger partial charge in [0.25, 0.3) is 0 Å². The lowest BCUT2D eigenvalue weighted by atomic mass is 9.94. The number of nitrogens with one attached hydrogen (secondary N) is 1. The maximum Gasteiger partial charge on any atom is 0.0141 e. The van der Waals surface area contributed by atoms with E-state index in [4.69, 9.17) is 0 Å². The van der Waals surface area contributed by atoms with E-state index in [9.17, 15) is 0 Å². The summed E-state index contributed by atoms with van der Waals surface area (Å²) in [6, 6.07) is 9.85. The molecule has 19 heavy (non-hydrogen) atoms. The Balaban J connectivity index is 1.72. The van der Waals surface area contributed by atoms with Crippen LogP contribution in [-0.2, 0) is 12.8 Å². The molecule has 2 aliphatic carbocycles. The van der Waals surface area contributed by atoms with Crippen molar-refractivity contribution in [1.82, 2.24) is 5.32 Å². The van der Waals surface area contributed by atoms with E-state index in [1.165, 1.54) is 25.7 Å². The summed E-state index contributed by atoms with van der Waals surface area (Å²) in [4.78, 5) is 0. The molecule has 2 bridgehead atoms. The molecule has 2 heteroatoms. The zero-order valence-corrected chi connectivity index (χ0v) is 12.9. The largest absolute Gasteiger partial charge is 0.312 e. The van der Waals surface area contributed by atoms with E-state index in [0.29, 0.717) is 0 Å². The average molecular weight is 275 g/mol. The number of rotatable bonds is 4. The Morgan fingerprint density at radius 3 is 2.26 bits per heavy atom. The Hall–Kier alpha value is -0.470. The van der Waals surface area contributed by atoms with Crippen LogP contribution in [0.5, 0.6) is 0 Å². The topological polar surface area (TPSA) is 12.0 Å². The molecule has 3 atom stereocenters. The summed E-state index contributed by atoms with van der Waals surface area (Å²) in [7, 11) is 0. The standard InChI is InChI=1S/C17H25NS/c1-12(19-2)11-18-17-15-7-8-16(17)10-14-6-4-3-5-13(14)9-15/h3-6,12,15-18H,7-11H2,1-2H3. The number of benzene rings is 1. The molecule has 104 valence electrons. The highest BCUT2D eigenvalue weighted by molar-refractivity contribution is 7.99. The fourth-order valence-corrected chi connectivity index (χ4v) is 4.13. The Morgan fingerprint density at radius 1 is 1.16 bits per heavy atom. The van der Waals surface area contributed by atoms with Gasteiger partial charge in [-0.05, 0) is 54.9 Å². The molecule has 1 aromatic carbocycles. The van der Waals surface area contributed by atoms with Gasteiger partial charge in [0.15, 0.2) is 0 Å². The summed E-state index contributed by atoms with van der Waals surface area (Å²) < 4.78 is 0. The van der Waals surface area contributed by atoms with E-state index in [0.717, 1.165) is 29.7 Å². The van der Waals surface area contributed by atoms with Crippen LogP contribution in [0.2, 0.25) is 0 Å². The van der Waals surface area contributed by atoms with Crippen LogP contribution in [0.3, 0.4) is 0 Å². The molecule has 0 aromatic heterocycles. The van der Waals surface area contributed by atoms with E-state index in [-0.39, 0.29) is 0 Å². The summed E-state index contributed by atoms with van der Waals surface area (Å²) in [5, 5.41) is 4.62. The van der Waals surface area contributed by atoms with Crippen LogP contribution >= 0.6 is 11.8 Å². The summed E-state index contributed by atoms with van der Waals surface area (Å²) in [6.07, 6.45) is 7.63. The molecule has 0 heterocycles. The van der Waals surface area contributed by atoms with E-state index in [1.54, 1.807) is 11.1 Å². The van der Waals surface area contributed by atoms with Gasteiger partial charge < -0.3 is 5.32 Å². The van der Waals surface area contributed by atoms with Gasteiger partial charge in [0.05, 0.1) is 0 Å². The minimum Gasteiger partial charge on any atom is -0.312 e. The maximum atomic E-state index is 3.89. The molecule has 1 aromatic rings. The van der Waals surface area contributed by atoms with Crippen molar-refractivity contribution in [3.05, 3.63) is 35.4 Å². The van der Waals surface area contributed by atoms with Crippen molar-refractivity contribution in [3.8, 4) is 0 Å². The molecule has 1 nitrogen and oxygen atoms in total. The maximum absolute atomic E-state index is 3.89. The predicted octanol–water partition coefficient (Wildman–Crippen LogP) is 3.52. The minimum absolute atomic E-state index is 0.727. The SMILES string of the molecule is CSC(C)CNC1C2CCC1Cc1ccccc1C2. The second-order valence-corrected chi connectivity index (χ2v) is 7.53. The van der Waals surface area contributed by atoms with Crippen molar-refractivity contribution in [3.63, 3.8) is 0 Å². The lowest BCUT2D eigenvalue weighted by Gasteiger charge is -2.25. The van der Waals surface area contributed by atoms with Gasteiger partial charge >= 0.3 is 0 Å². The Morgan fingerprint density at radius 2 is 1.74 bits per heavy atom. The van der Waals surface area contributed by atoms with E-state index in [2.05, 4.69) is 42.8 Å². The fourth-order valence-electron chi connectivity index (χ4n) is 3.87. The third-order valence-electron chi connectivity index (χ3n) is 5.05. The Kier molecular flexibility index (Phi) is 4.18. The van der Waals surface area contributed by atoms with Crippen molar-refractivity contribution in [1.29, 1.82) is 0 Å². The van der Waals surface area contributed by atoms with Crippen LogP contribution in [0, 0.1) is 11.8 Å². The quantitative estimate of drug-likeness (QED) is 0.902. The number of thioether (sulfide) groups is 1. The third kappa shape index (κ3) is 2.85. The zero-order chi connectivity index (χ0) is 13.2. The van der Waals surface area contributed by atoms with Gasteiger partial charge in [0.1, 0.15) is 0 Å². The highest BCUT2D eigenvalue weighted by Gasteiger charge is 2.38. The molecule has 1 fully saturated rings. The van der Waals surface area contributed by atoms with E-state index >= 15 is 0 Å². The minimum atomic E-state index is 0.727. The van der Waals surface area contributed by atoms with Crippen LogP contribution in [0.1, 0.15) is 30.9 Å². The summed E-state index contributed by atoms with van der Waals surface area (Å²) in [5.41, 5.74) is 3.22. The van der Waals surface area contributed by atoms with Gasteiger partial charge in [0, 0.05) is 17.8 Å². The first-order valence-corrected chi connectivity index (χ1v) is 8.89. The van der Waals surface area contributed by atoms with Crippen LogP contribution in [0.15, 0.2) is 24.3 Å². The van der Waals surface area contributed by atoms with Gasteiger partial charge in [-0.15, -0.1) is 0 Å². The van der Waals surface area contributed by atoms with Gasteiger partial charge in [0.2, 0.25) is 0 Å². The second kappa shape index (κ2) is 5.88. The second-order valence-electron chi connectivity index (χ2n) is 6.25. The molecule has 0 saturated heterocycles. The molecule has 3 unspecified atom stereocenters. The first-order chi connectivity index (χ1) is 9.28. The molecule has 1 N–H and O–H groups in total. The van der Waals surface area contributed by atoms with Crippen molar-refractivity contribution in [2.75, 3.05) is 12.8 Å².